The fourth-order valence-electron chi connectivity index (χ4n) is 3.16. The van der Waals surface area contributed by atoms with Crippen molar-refractivity contribution in [2.75, 3.05) is 26.4 Å². The molecule has 7 heteroatoms. The van der Waals surface area contributed by atoms with Crippen molar-refractivity contribution >= 4 is 5.97 Å². The van der Waals surface area contributed by atoms with Crippen LogP contribution in [0.15, 0.2) is 24.3 Å². The number of benzene rings is 1. The van der Waals surface area contributed by atoms with Crippen LogP contribution in [0.1, 0.15) is 18.4 Å². The van der Waals surface area contributed by atoms with Crippen molar-refractivity contribution in [2.24, 2.45) is 5.92 Å². The zero-order valence-corrected chi connectivity index (χ0v) is 12.4. The van der Waals surface area contributed by atoms with E-state index in [1.165, 1.54) is 0 Å². The Kier molecular flexibility index (Phi) is 4.23. The van der Waals surface area contributed by atoms with Gasteiger partial charge >= 0.3 is 12.1 Å². The summed E-state index contributed by atoms with van der Waals surface area (Å²) >= 11 is 0. The molecule has 1 aliphatic carbocycles. The number of ether oxygens (including phenoxy) is 3. The first-order valence-corrected chi connectivity index (χ1v) is 7.46. The molecule has 0 aromatic heterocycles. The van der Waals surface area contributed by atoms with Gasteiger partial charge in [-0.05, 0) is 18.9 Å². The third-order valence-corrected chi connectivity index (χ3v) is 4.33. The fraction of sp³-hybridized carbons (Fsp3) is 0.562. The van der Waals surface area contributed by atoms with Gasteiger partial charge in [-0.1, -0.05) is 18.2 Å². The average Bonchev–Trinajstić information content (AvgIpc) is 3.21. The summed E-state index contributed by atoms with van der Waals surface area (Å²) in [5, 5.41) is 0. The summed E-state index contributed by atoms with van der Waals surface area (Å²) in [5.41, 5.74) is 0.778. The monoisotopic (exact) mass is 330 g/mol. The lowest BCUT2D eigenvalue weighted by molar-refractivity contribution is -0.177. The number of esters is 1. The fourth-order valence-corrected chi connectivity index (χ4v) is 3.16. The molecule has 1 saturated carbocycles. The van der Waals surface area contributed by atoms with Crippen LogP contribution in [0.5, 0.6) is 5.75 Å². The molecule has 0 amide bonds. The molecule has 23 heavy (non-hydrogen) atoms. The van der Waals surface area contributed by atoms with Gasteiger partial charge in [-0.15, -0.1) is 0 Å². The topological polar surface area (TPSA) is 44.8 Å². The van der Waals surface area contributed by atoms with E-state index in [1.54, 1.807) is 0 Å². The number of hydrogen-bond donors (Lipinski definition) is 0. The van der Waals surface area contributed by atoms with E-state index < -0.39 is 12.8 Å². The molecular weight excluding hydrogens is 313 g/mol. The first-order chi connectivity index (χ1) is 10.9. The molecule has 126 valence electrons. The van der Waals surface area contributed by atoms with E-state index in [-0.39, 0.29) is 30.5 Å². The number of halogens is 3. The molecule has 0 N–H and O–H groups in total. The molecule has 1 aliphatic heterocycles. The molecular formula is C16H17F3O4. The van der Waals surface area contributed by atoms with Gasteiger partial charge in [-0.2, -0.15) is 13.2 Å². The number of para-hydroxylation sites is 1. The molecule has 0 unspecified atom stereocenters. The zero-order chi connectivity index (χ0) is 16.5. The highest BCUT2D eigenvalue weighted by Gasteiger charge is 2.61. The molecule has 4 nitrogen and oxygen atoms in total. The lowest BCUT2D eigenvalue weighted by Crippen LogP contribution is -2.25. The Morgan fingerprint density at radius 3 is 2.87 bits per heavy atom. The van der Waals surface area contributed by atoms with Crippen molar-refractivity contribution in [3.05, 3.63) is 29.8 Å². The maximum atomic E-state index is 12.1. The number of fused-ring (bicyclic) bond motifs is 2. The molecule has 0 bridgehead atoms. The molecule has 1 aromatic rings. The number of rotatable bonds is 5. The van der Waals surface area contributed by atoms with Crippen LogP contribution in [0.3, 0.4) is 0 Å². The lowest BCUT2D eigenvalue weighted by atomic mass is 9.87. The summed E-state index contributed by atoms with van der Waals surface area (Å²) in [6.07, 6.45) is -2.93. The third kappa shape index (κ3) is 3.44. The predicted octanol–water partition coefficient (Wildman–Crippen LogP) is 2.85. The van der Waals surface area contributed by atoms with Crippen molar-refractivity contribution < 1.29 is 32.2 Å². The lowest BCUT2D eigenvalue weighted by Gasteiger charge is -2.26. The molecule has 1 aromatic carbocycles. The maximum Gasteiger partial charge on any atom is 0.411 e. The highest BCUT2D eigenvalue weighted by atomic mass is 19.4. The Balaban J connectivity index is 1.50. The molecule has 0 radical (unpaired) electrons. The van der Waals surface area contributed by atoms with Crippen molar-refractivity contribution in [3.63, 3.8) is 0 Å². The summed E-state index contributed by atoms with van der Waals surface area (Å²) < 4.78 is 50.8. The number of alkyl halides is 3. The molecule has 2 aliphatic rings. The van der Waals surface area contributed by atoms with Crippen LogP contribution >= 0.6 is 0 Å². The van der Waals surface area contributed by atoms with Crippen LogP contribution in [0.2, 0.25) is 0 Å². The van der Waals surface area contributed by atoms with Gasteiger partial charge < -0.3 is 14.2 Å². The minimum atomic E-state index is -4.36. The second-order valence-corrected chi connectivity index (χ2v) is 5.84. The van der Waals surface area contributed by atoms with E-state index in [1.807, 2.05) is 24.3 Å². The first kappa shape index (κ1) is 16.1. The van der Waals surface area contributed by atoms with Gasteiger partial charge in [-0.25, -0.2) is 0 Å². The van der Waals surface area contributed by atoms with E-state index in [4.69, 9.17) is 9.47 Å². The number of carbonyl (C=O) groups is 1. The van der Waals surface area contributed by atoms with Crippen LogP contribution in [0.4, 0.5) is 13.2 Å². The highest BCUT2D eigenvalue weighted by Crippen LogP contribution is 2.60. The minimum Gasteiger partial charge on any atom is -0.493 e. The van der Waals surface area contributed by atoms with Gasteiger partial charge in [0, 0.05) is 11.0 Å². The second-order valence-electron chi connectivity index (χ2n) is 5.84. The normalized spacial score (nSPS) is 25.6. The summed E-state index contributed by atoms with van der Waals surface area (Å²) in [7, 11) is 0. The molecule has 1 spiro atoms. The molecule has 1 fully saturated rings. The van der Waals surface area contributed by atoms with E-state index >= 15 is 0 Å². The van der Waals surface area contributed by atoms with Gasteiger partial charge in [0.1, 0.15) is 19.0 Å². The van der Waals surface area contributed by atoms with Crippen molar-refractivity contribution in [1.29, 1.82) is 0 Å². The summed E-state index contributed by atoms with van der Waals surface area (Å²) in [5.74, 6) is 0.162. The first-order valence-electron chi connectivity index (χ1n) is 7.46. The van der Waals surface area contributed by atoms with E-state index in [0.29, 0.717) is 13.0 Å². The van der Waals surface area contributed by atoms with Gasteiger partial charge in [0.25, 0.3) is 0 Å². The van der Waals surface area contributed by atoms with Crippen LogP contribution < -0.4 is 4.74 Å². The largest absolute Gasteiger partial charge is 0.493 e. The third-order valence-electron chi connectivity index (χ3n) is 4.33. The van der Waals surface area contributed by atoms with E-state index in [0.717, 1.165) is 17.7 Å². The van der Waals surface area contributed by atoms with Crippen molar-refractivity contribution in [1.82, 2.24) is 0 Å². The summed E-state index contributed by atoms with van der Waals surface area (Å²) in [6, 6.07) is 7.61. The predicted molar refractivity (Wildman–Crippen MR) is 74.2 cm³/mol. The standard InChI is InChI=1S/C16H17F3O4/c17-16(18,19)10-21-7-8-23-14(20)12-9-15(12)5-6-22-13-4-2-1-3-11(13)15/h1-4,12H,5-10H2/t12-,15-/m1/s1. The van der Waals surface area contributed by atoms with Gasteiger partial charge in [0.15, 0.2) is 0 Å². The number of carbonyl (C=O) groups excluding carboxylic acids is 1. The Labute approximate surface area is 131 Å². The van der Waals surface area contributed by atoms with E-state index in [9.17, 15) is 18.0 Å². The van der Waals surface area contributed by atoms with E-state index in [2.05, 4.69) is 4.74 Å². The van der Waals surface area contributed by atoms with Crippen LogP contribution in [0, 0.1) is 5.92 Å². The maximum absolute atomic E-state index is 12.1. The quantitative estimate of drug-likeness (QED) is 0.615. The molecule has 1 heterocycles. The Hall–Kier alpha value is -1.76. The van der Waals surface area contributed by atoms with Gasteiger partial charge in [0.05, 0.1) is 19.1 Å². The summed E-state index contributed by atoms with van der Waals surface area (Å²) in [6.45, 7) is -1.21. The Bertz CT molecular complexity index is 587. The number of hydrogen-bond acceptors (Lipinski definition) is 4. The summed E-state index contributed by atoms with van der Waals surface area (Å²) in [4.78, 5) is 12.1. The molecule has 0 saturated heterocycles. The van der Waals surface area contributed by atoms with Gasteiger partial charge in [-0.3, -0.25) is 4.79 Å². The molecule has 3 rings (SSSR count). The molecule has 2 atom stereocenters. The van der Waals surface area contributed by atoms with Crippen LogP contribution in [-0.4, -0.2) is 38.6 Å². The average molecular weight is 330 g/mol. The van der Waals surface area contributed by atoms with Crippen LogP contribution in [0.25, 0.3) is 0 Å². The van der Waals surface area contributed by atoms with Gasteiger partial charge in [0.2, 0.25) is 0 Å². The smallest absolute Gasteiger partial charge is 0.411 e. The van der Waals surface area contributed by atoms with Crippen molar-refractivity contribution in [2.45, 2.75) is 24.4 Å². The second kappa shape index (κ2) is 6.03. The van der Waals surface area contributed by atoms with Crippen LogP contribution in [-0.2, 0) is 19.7 Å². The minimum absolute atomic E-state index is 0.167. The SMILES string of the molecule is O=C(OCCOCC(F)(F)F)[C@H]1C[C@@]12CCOc1ccccc12. The Morgan fingerprint density at radius 2 is 2.09 bits per heavy atom. The Morgan fingerprint density at radius 1 is 1.30 bits per heavy atom. The highest BCUT2D eigenvalue weighted by molar-refractivity contribution is 5.80. The van der Waals surface area contributed by atoms with Crippen molar-refractivity contribution in [3.8, 4) is 5.75 Å². The zero-order valence-electron chi connectivity index (χ0n) is 12.4.